The highest BCUT2D eigenvalue weighted by atomic mass is 32.1. The molecule has 0 aliphatic carbocycles. The molecule has 2 aromatic rings. The first-order chi connectivity index (χ1) is 8.99. The van der Waals surface area contributed by atoms with Crippen LogP contribution in [-0.4, -0.2) is 21.6 Å². The maximum absolute atomic E-state index is 10.9. The van der Waals surface area contributed by atoms with E-state index in [0.29, 0.717) is 11.3 Å². The average molecular weight is 279 g/mol. The SMILES string of the molecule is CC(C)Oc1cccc2c1[nH]c(=S)n2CCC(N)=O. The number of aromatic amines is 1. The number of amides is 1. The maximum atomic E-state index is 10.9. The molecule has 5 nitrogen and oxygen atoms in total. The van der Waals surface area contributed by atoms with Crippen LogP contribution in [0, 0.1) is 4.77 Å². The van der Waals surface area contributed by atoms with Crippen LogP contribution in [0.1, 0.15) is 20.3 Å². The summed E-state index contributed by atoms with van der Waals surface area (Å²) in [6.45, 7) is 4.41. The lowest BCUT2D eigenvalue weighted by Gasteiger charge is -2.10. The molecule has 0 unspecified atom stereocenters. The summed E-state index contributed by atoms with van der Waals surface area (Å²) in [6.07, 6.45) is 0.345. The summed E-state index contributed by atoms with van der Waals surface area (Å²) in [7, 11) is 0. The minimum absolute atomic E-state index is 0.0848. The lowest BCUT2D eigenvalue weighted by molar-refractivity contribution is -0.118. The van der Waals surface area contributed by atoms with Crippen molar-refractivity contribution in [3.63, 3.8) is 0 Å². The molecule has 19 heavy (non-hydrogen) atoms. The van der Waals surface area contributed by atoms with Gasteiger partial charge in [-0.3, -0.25) is 4.79 Å². The number of rotatable bonds is 5. The molecule has 1 aromatic carbocycles. The number of aromatic nitrogens is 2. The van der Waals surface area contributed by atoms with Crippen LogP contribution in [0.25, 0.3) is 11.0 Å². The molecule has 0 atom stereocenters. The molecule has 0 saturated heterocycles. The van der Waals surface area contributed by atoms with Crippen LogP contribution in [-0.2, 0) is 11.3 Å². The van der Waals surface area contributed by atoms with Crippen molar-refractivity contribution in [2.75, 3.05) is 0 Å². The van der Waals surface area contributed by atoms with E-state index in [1.807, 2.05) is 36.6 Å². The molecule has 0 bridgehead atoms. The first kappa shape index (κ1) is 13.6. The standard InChI is InChI=1S/C13H17N3O2S/c1-8(2)18-10-5-3-4-9-12(10)15-13(19)16(9)7-6-11(14)17/h3-5,8H,6-7H2,1-2H3,(H2,14,17)(H,15,19). The van der Waals surface area contributed by atoms with Crippen LogP contribution in [0.3, 0.4) is 0 Å². The number of nitrogens with zero attached hydrogens (tertiary/aromatic N) is 1. The minimum Gasteiger partial charge on any atom is -0.489 e. The van der Waals surface area contributed by atoms with Crippen LogP contribution in [0.15, 0.2) is 18.2 Å². The summed E-state index contributed by atoms with van der Waals surface area (Å²) in [6, 6.07) is 5.74. The molecule has 0 saturated carbocycles. The number of carbonyl (C=O) groups excluding carboxylic acids is 1. The van der Waals surface area contributed by atoms with Crippen molar-refractivity contribution < 1.29 is 9.53 Å². The summed E-state index contributed by atoms with van der Waals surface area (Å²) in [5, 5.41) is 0. The van der Waals surface area contributed by atoms with Gasteiger partial charge in [0, 0.05) is 13.0 Å². The Morgan fingerprint density at radius 3 is 2.89 bits per heavy atom. The lowest BCUT2D eigenvalue weighted by atomic mass is 10.3. The highest BCUT2D eigenvalue weighted by molar-refractivity contribution is 7.71. The number of hydrogen-bond donors (Lipinski definition) is 2. The van der Waals surface area contributed by atoms with Crippen LogP contribution < -0.4 is 10.5 Å². The van der Waals surface area contributed by atoms with Gasteiger partial charge < -0.3 is 20.0 Å². The summed E-state index contributed by atoms with van der Waals surface area (Å²) in [5.74, 6) is 0.419. The molecule has 6 heteroatoms. The van der Waals surface area contributed by atoms with E-state index in [4.69, 9.17) is 22.7 Å². The topological polar surface area (TPSA) is 73.0 Å². The minimum atomic E-state index is -0.342. The second kappa shape index (κ2) is 5.44. The fourth-order valence-electron chi connectivity index (χ4n) is 1.95. The van der Waals surface area contributed by atoms with Gasteiger partial charge in [-0.15, -0.1) is 0 Å². The number of benzene rings is 1. The largest absolute Gasteiger partial charge is 0.489 e. The molecular formula is C13H17N3O2S. The normalized spacial score (nSPS) is 11.1. The number of imidazole rings is 1. The predicted octanol–water partition coefficient (Wildman–Crippen LogP) is 2.36. The molecule has 0 radical (unpaired) electrons. The van der Waals surface area contributed by atoms with Gasteiger partial charge in [0.15, 0.2) is 4.77 Å². The molecule has 1 heterocycles. The third-order valence-corrected chi connectivity index (χ3v) is 3.04. The van der Waals surface area contributed by atoms with Crippen molar-refractivity contribution in [2.45, 2.75) is 32.9 Å². The fourth-order valence-corrected chi connectivity index (χ4v) is 2.24. The van der Waals surface area contributed by atoms with E-state index in [-0.39, 0.29) is 18.4 Å². The number of nitrogens with two attached hydrogens (primary N) is 1. The van der Waals surface area contributed by atoms with Crippen molar-refractivity contribution in [2.24, 2.45) is 5.73 Å². The molecule has 0 spiro atoms. The third kappa shape index (κ3) is 2.96. The Kier molecular flexibility index (Phi) is 3.90. The fraction of sp³-hybridized carbons (Fsp3) is 0.385. The number of nitrogens with one attached hydrogen (secondary N) is 1. The van der Waals surface area contributed by atoms with Gasteiger partial charge in [-0.05, 0) is 38.2 Å². The Balaban J connectivity index is 2.46. The Labute approximate surface area is 116 Å². The molecule has 3 N–H and O–H groups in total. The summed E-state index contributed by atoms with van der Waals surface area (Å²) < 4.78 is 8.17. The number of H-pyrrole nitrogens is 1. The van der Waals surface area contributed by atoms with E-state index >= 15 is 0 Å². The van der Waals surface area contributed by atoms with Gasteiger partial charge in [-0.25, -0.2) is 0 Å². The first-order valence-electron chi connectivity index (χ1n) is 6.15. The second-order valence-corrected chi connectivity index (χ2v) is 5.00. The van der Waals surface area contributed by atoms with Crippen LogP contribution in [0.5, 0.6) is 5.75 Å². The Morgan fingerprint density at radius 2 is 2.26 bits per heavy atom. The molecule has 2 rings (SSSR count). The zero-order valence-corrected chi connectivity index (χ0v) is 11.8. The quantitative estimate of drug-likeness (QED) is 0.825. The number of hydrogen-bond acceptors (Lipinski definition) is 3. The second-order valence-electron chi connectivity index (χ2n) is 4.61. The number of fused-ring (bicyclic) bond motifs is 1. The van der Waals surface area contributed by atoms with Crippen LogP contribution in [0.4, 0.5) is 0 Å². The number of aryl methyl sites for hydroxylation is 1. The summed E-state index contributed by atoms with van der Waals surface area (Å²) in [5.41, 5.74) is 6.95. The predicted molar refractivity (Wildman–Crippen MR) is 76.7 cm³/mol. The smallest absolute Gasteiger partial charge is 0.219 e. The highest BCUT2D eigenvalue weighted by Gasteiger charge is 2.10. The van der Waals surface area contributed by atoms with Gasteiger partial charge in [0.2, 0.25) is 5.91 Å². The molecule has 0 aliphatic heterocycles. The number of ether oxygens (including phenoxy) is 1. The van der Waals surface area contributed by atoms with Gasteiger partial charge in [-0.2, -0.15) is 0 Å². The van der Waals surface area contributed by atoms with Crippen LogP contribution >= 0.6 is 12.2 Å². The summed E-state index contributed by atoms with van der Waals surface area (Å²) in [4.78, 5) is 14.0. The van der Waals surface area contributed by atoms with E-state index in [1.54, 1.807) is 0 Å². The van der Waals surface area contributed by atoms with Gasteiger partial charge in [0.25, 0.3) is 0 Å². The lowest BCUT2D eigenvalue weighted by Crippen LogP contribution is -2.13. The van der Waals surface area contributed by atoms with Crippen molar-refractivity contribution in [1.29, 1.82) is 0 Å². The van der Waals surface area contributed by atoms with Crippen molar-refractivity contribution in [3.8, 4) is 5.75 Å². The number of primary amides is 1. The van der Waals surface area contributed by atoms with E-state index < -0.39 is 0 Å². The monoisotopic (exact) mass is 279 g/mol. The molecule has 0 aliphatic rings. The number of para-hydroxylation sites is 1. The van der Waals surface area contributed by atoms with Crippen molar-refractivity contribution in [3.05, 3.63) is 23.0 Å². The molecule has 0 fully saturated rings. The van der Waals surface area contributed by atoms with E-state index in [2.05, 4.69) is 4.98 Å². The van der Waals surface area contributed by atoms with E-state index in [1.165, 1.54) is 0 Å². The zero-order valence-electron chi connectivity index (χ0n) is 11.0. The highest BCUT2D eigenvalue weighted by Crippen LogP contribution is 2.25. The van der Waals surface area contributed by atoms with Crippen molar-refractivity contribution in [1.82, 2.24) is 9.55 Å². The van der Waals surface area contributed by atoms with Crippen LogP contribution in [0.2, 0.25) is 0 Å². The third-order valence-electron chi connectivity index (χ3n) is 2.72. The molecule has 1 amide bonds. The average Bonchev–Trinajstić information content (AvgIpc) is 2.63. The Hall–Kier alpha value is -1.82. The molecule has 102 valence electrons. The van der Waals surface area contributed by atoms with Gasteiger partial charge >= 0.3 is 0 Å². The Morgan fingerprint density at radius 1 is 1.53 bits per heavy atom. The van der Waals surface area contributed by atoms with E-state index in [0.717, 1.165) is 16.8 Å². The first-order valence-corrected chi connectivity index (χ1v) is 6.56. The molecular weight excluding hydrogens is 262 g/mol. The zero-order chi connectivity index (χ0) is 14.0. The van der Waals surface area contributed by atoms with E-state index in [9.17, 15) is 4.79 Å². The van der Waals surface area contributed by atoms with Gasteiger partial charge in [-0.1, -0.05) is 6.07 Å². The Bertz CT molecular complexity index is 657. The maximum Gasteiger partial charge on any atom is 0.219 e. The summed E-state index contributed by atoms with van der Waals surface area (Å²) >= 11 is 5.28. The van der Waals surface area contributed by atoms with Crippen molar-refractivity contribution >= 4 is 29.2 Å². The van der Waals surface area contributed by atoms with Gasteiger partial charge in [0.05, 0.1) is 11.6 Å². The number of carbonyl (C=O) groups is 1. The molecule has 1 aromatic heterocycles. The van der Waals surface area contributed by atoms with Gasteiger partial charge in [0.1, 0.15) is 11.3 Å².